The van der Waals surface area contributed by atoms with Gasteiger partial charge in [-0.15, -0.1) is 0 Å². The number of nitrogens with one attached hydrogen (secondary N) is 1. The second kappa shape index (κ2) is 4.78. The fourth-order valence-electron chi connectivity index (χ4n) is 1.79. The summed E-state index contributed by atoms with van der Waals surface area (Å²) in [4.78, 5) is 16.3. The lowest BCUT2D eigenvalue weighted by molar-refractivity contribution is -0.721. The second-order valence-corrected chi connectivity index (χ2v) is 4.57. The van der Waals surface area contributed by atoms with E-state index < -0.39 is 0 Å². The number of hydrogen-bond acceptors (Lipinski definition) is 4. The summed E-state index contributed by atoms with van der Waals surface area (Å²) in [5.41, 5.74) is 2.13. The average molecular weight is 248 g/mol. The van der Waals surface area contributed by atoms with Gasteiger partial charge in [-0.1, -0.05) is 18.2 Å². The molecular weight excluding hydrogens is 230 g/mol. The van der Waals surface area contributed by atoms with Gasteiger partial charge in [0.25, 0.3) is 0 Å². The maximum atomic E-state index is 11.9. The van der Waals surface area contributed by atoms with E-state index in [9.17, 15) is 4.79 Å². The van der Waals surface area contributed by atoms with Gasteiger partial charge in [0, 0.05) is 5.69 Å². The van der Waals surface area contributed by atoms with Gasteiger partial charge >= 0.3 is 12.1 Å². The van der Waals surface area contributed by atoms with Crippen molar-refractivity contribution in [1.82, 2.24) is 0 Å². The molecule has 0 bridgehead atoms. The van der Waals surface area contributed by atoms with Crippen LogP contribution in [0.4, 0.5) is 10.5 Å². The van der Waals surface area contributed by atoms with E-state index in [4.69, 9.17) is 4.74 Å². The zero-order valence-corrected chi connectivity index (χ0v) is 10.9. The summed E-state index contributed by atoms with van der Waals surface area (Å²) in [6.07, 6.45) is -0.317. The number of rotatable bonds is 1. The lowest BCUT2D eigenvalue weighted by Gasteiger charge is -2.28. The van der Waals surface area contributed by atoms with Crippen LogP contribution in [0.3, 0.4) is 0 Å². The summed E-state index contributed by atoms with van der Waals surface area (Å²) in [6.45, 7) is 2.74. The quantitative estimate of drug-likeness (QED) is 0.775. The summed E-state index contributed by atoms with van der Waals surface area (Å²) >= 11 is 0. The van der Waals surface area contributed by atoms with Crippen LogP contribution in [0.1, 0.15) is 12.5 Å². The van der Waals surface area contributed by atoms with Gasteiger partial charge in [-0.05, 0) is 18.6 Å². The summed E-state index contributed by atoms with van der Waals surface area (Å²) in [5.74, 6) is 0.604. The Hall–Kier alpha value is -1.88. The third kappa shape index (κ3) is 2.22. The van der Waals surface area contributed by atoms with Gasteiger partial charge in [-0.25, -0.2) is 4.99 Å². The molecule has 0 aliphatic carbocycles. The molecule has 0 saturated carbocycles. The van der Waals surface area contributed by atoms with Crippen LogP contribution in [0, 0.1) is 0 Å². The number of para-hydroxylation sites is 1. The Morgan fingerprint density at radius 3 is 2.89 bits per heavy atom. The van der Waals surface area contributed by atoms with Crippen LogP contribution < -0.4 is 5.32 Å². The summed E-state index contributed by atoms with van der Waals surface area (Å²) < 4.78 is 5.02. The number of carbonyl (C=O) groups excluding carboxylic acids is 1. The molecule has 0 aromatic heterocycles. The number of ether oxygens (including phenoxy) is 1. The Morgan fingerprint density at radius 1 is 1.44 bits per heavy atom. The molecule has 0 saturated heterocycles. The molecule has 5 heteroatoms. The van der Waals surface area contributed by atoms with Crippen LogP contribution in [0.5, 0.6) is 0 Å². The maximum Gasteiger partial charge on any atom is 0.523 e. The van der Waals surface area contributed by atoms with E-state index in [0.717, 1.165) is 11.3 Å². The lowest BCUT2D eigenvalue weighted by Crippen LogP contribution is -2.54. The molecule has 1 aromatic carbocycles. The first-order valence-electron chi connectivity index (χ1n) is 5.97. The van der Waals surface area contributed by atoms with Crippen LogP contribution in [0.15, 0.2) is 29.3 Å². The molecule has 0 unspecified atom stereocenters. The number of quaternary nitrogens is 1. The number of carbonyl (C=O) groups is 1. The predicted octanol–water partition coefficient (Wildman–Crippen LogP) is 2.20. The van der Waals surface area contributed by atoms with Gasteiger partial charge in [-0.3, -0.25) is 5.32 Å². The number of fused-ring (bicyclic) bond motifs is 1. The standard InChI is InChI=1S/C13H18N3O2/c1-4-18-13(17)16(2,3)12-14-9-10-7-5-6-8-11(10)15-12/h5-8H,4,9H2,1-3H3,(H,14,15)/q+1. The molecule has 1 amide bonds. The zero-order chi connectivity index (χ0) is 13.2. The average Bonchev–Trinajstić information content (AvgIpc) is 2.38. The van der Waals surface area contributed by atoms with E-state index in [2.05, 4.69) is 10.3 Å². The molecule has 0 fully saturated rings. The Kier molecular flexibility index (Phi) is 3.34. The molecule has 5 nitrogen and oxygen atoms in total. The number of anilines is 1. The molecule has 0 spiro atoms. The molecule has 0 radical (unpaired) electrons. The van der Waals surface area contributed by atoms with Crippen molar-refractivity contribution in [3.63, 3.8) is 0 Å². The Labute approximate surface area is 107 Å². The number of benzene rings is 1. The fraction of sp³-hybridized carbons (Fsp3) is 0.385. The van der Waals surface area contributed by atoms with E-state index in [-0.39, 0.29) is 10.6 Å². The monoisotopic (exact) mass is 248 g/mol. The third-order valence-electron chi connectivity index (χ3n) is 2.92. The van der Waals surface area contributed by atoms with Crippen molar-refractivity contribution in [3.8, 4) is 0 Å². The van der Waals surface area contributed by atoms with Crippen LogP contribution in [-0.2, 0) is 11.3 Å². The van der Waals surface area contributed by atoms with E-state index in [0.29, 0.717) is 19.1 Å². The van der Waals surface area contributed by atoms with Crippen molar-refractivity contribution in [2.75, 3.05) is 26.0 Å². The fourth-order valence-corrected chi connectivity index (χ4v) is 1.79. The highest BCUT2D eigenvalue weighted by Crippen LogP contribution is 2.22. The normalized spacial score (nSPS) is 14.3. The first kappa shape index (κ1) is 12.6. The smallest absolute Gasteiger partial charge is 0.420 e. The number of guanidine groups is 1. The van der Waals surface area contributed by atoms with E-state index in [1.54, 1.807) is 21.0 Å². The minimum Gasteiger partial charge on any atom is -0.420 e. The van der Waals surface area contributed by atoms with E-state index in [1.807, 2.05) is 24.3 Å². The van der Waals surface area contributed by atoms with Gasteiger partial charge in [0.15, 0.2) is 0 Å². The highest BCUT2D eigenvalue weighted by atomic mass is 16.6. The molecule has 1 aliphatic rings. The largest absolute Gasteiger partial charge is 0.523 e. The molecule has 96 valence electrons. The summed E-state index contributed by atoms with van der Waals surface area (Å²) in [6, 6.07) is 7.94. The van der Waals surface area contributed by atoms with Crippen LogP contribution in [-0.4, -0.2) is 37.2 Å². The number of nitrogens with zero attached hydrogens (tertiary/aromatic N) is 2. The van der Waals surface area contributed by atoms with E-state index >= 15 is 0 Å². The number of hydrogen-bond donors (Lipinski definition) is 1. The predicted molar refractivity (Wildman–Crippen MR) is 70.3 cm³/mol. The Morgan fingerprint density at radius 2 is 2.17 bits per heavy atom. The SMILES string of the molecule is CCOC(=O)[N+](C)(C)C1=NCc2ccccc2N1. The van der Waals surface area contributed by atoms with Crippen molar-refractivity contribution in [2.24, 2.45) is 4.99 Å². The first-order valence-corrected chi connectivity index (χ1v) is 5.97. The first-order chi connectivity index (χ1) is 8.55. The van der Waals surface area contributed by atoms with Crippen molar-refractivity contribution in [1.29, 1.82) is 0 Å². The van der Waals surface area contributed by atoms with Gasteiger partial charge in [-0.2, -0.15) is 9.28 Å². The number of amides is 1. The van der Waals surface area contributed by atoms with E-state index in [1.165, 1.54) is 0 Å². The highest BCUT2D eigenvalue weighted by molar-refractivity contribution is 5.95. The summed E-state index contributed by atoms with van der Waals surface area (Å²) in [5, 5.41) is 3.20. The van der Waals surface area contributed by atoms with Gasteiger partial charge < -0.3 is 4.74 Å². The highest BCUT2D eigenvalue weighted by Gasteiger charge is 2.37. The summed E-state index contributed by atoms with van der Waals surface area (Å²) in [7, 11) is 3.52. The maximum absolute atomic E-state index is 11.9. The molecule has 1 heterocycles. The lowest BCUT2D eigenvalue weighted by atomic mass is 10.1. The second-order valence-electron chi connectivity index (χ2n) is 4.57. The van der Waals surface area contributed by atoms with Crippen LogP contribution >= 0.6 is 0 Å². The van der Waals surface area contributed by atoms with Crippen molar-refractivity contribution in [3.05, 3.63) is 29.8 Å². The Bertz CT molecular complexity index is 495. The van der Waals surface area contributed by atoms with Gasteiger partial charge in [0.05, 0.1) is 27.2 Å². The molecule has 1 aromatic rings. The molecule has 1 aliphatic heterocycles. The van der Waals surface area contributed by atoms with Crippen molar-refractivity contribution < 1.29 is 14.0 Å². The number of aliphatic imine (C=N–C) groups is 1. The molecule has 2 rings (SSSR count). The molecule has 18 heavy (non-hydrogen) atoms. The third-order valence-corrected chi connectivity index (χ3v) is 2.92. The van der Waals surface area contributed by atoms with Crippen molar-refractivity contribution >= 4 is 17.7 Å². The Balaban J connectivity index is 2.22. The topological polar surface area (TPSA) is 50.7 Å². The zero-order valence-electron chi connectivity index (χ0n) is 10.9. The van der Waals surface area contributed by atoms with Crippen molar-refractivity contribution in [2.45, 2.75) is 13.5 Å². The minimum absolute atomic E-state index is 0.0395. The van der Waals surface area contributed by atoms with Gasteiger partial charge in [0.1, 0.15) is 0 Å². The van der Waals surface area contributed by atoms with Gasteiger partial charge in [0.2, 0.25) is 0 Å². The minimum atomic E-state index is -0.317. The molecule has 1 N–H and O–H groups in total. The van der Waals surface area contributed by atoms with Crippen LogP contribution in [0.25, 0.3) is 0 Å². The van der Waals surface area contributed by atoms with Crippen LogP contribution in [0.2, 0.25) is 0 Å². The molecular formula is C13H18N3O2+. The molecule has 0 atom stereocenters.